The lowest BCUT2D eigenvalue weighted by molar-refractivity contribution is -0.109. The van der Waals surface area contributed by atoms with E-state index in [4.69, 9.17) is 32.8 Å². The molecule has 2 aromatic heterocycles. The summed E-state index contributed by atoms with van der Waals surface area (Å²) in [6, 6.07) is 6.39. The number of hydrogen-bond acceptors (Lipinski definition) is 10. The molecule has 0 spiro atoms. The van der Waals surface area contributed by atoms with Crippen molar-refractivity contribution >= 4 is 61.2 Å². The summed E-state index contributed by atoms with van der Waals surface area (Å²) in [5.74, 6) is -0.223. The quantitative estimate of drug-likeness (QED) is 0.167. The third-order valence-corrected chi connectivity index (χ3v) is 12.1. The van der Waals surface area contributed by atoms with Gasteiger partial charge in [0.25, 0.3) is 0 Å². The van der Waals surface area contributed by atoms with Gasteiger partial charge in [-0.1, -0.05) is 24.6 Å². The number of amides is 1. The molecule has 3 saturated heterocycles. The van der Waals surface area contributed by atoms with E-state index in [2.05, 4.69) is 33.1 Å². The number of hydrogen-bond donors (Lipinski definition) is 3. The van der Waals surface area contributed by atoms with Crippen molar-refractivity contribution in [3.05, 3.63) is 40.4 Å². The highest BCUT2D eigenvalue weighted by molar-refractivity contribution is 7.23. The third-order valence-electron chi connectivity index (χ3n) is 10.8. The van der Waals surface area contributed by atoms with E-state index in [1.807, 2.05) is 0 Å². The van der Waals surface area contributed by atoms with Crippen LogP contribution < -0.4 is 26.4 Å². The number of thiophene rings is 1. The van der Waals surface area contributed by atoms with E-state index in [0.717, 1.165) is 56.5 Å². The summed E-state index contributed by atoms with van der Waals surface area (Å²) >= 11 is 7.84. The van der Waals surface area contributed by atoms with Gasteiger partial charge in [-0.3, -0.25) is 9.69 Å². The summed E-state index contributed by atoms with van der Waals surface area (Å²) in [6.07, 6.45) is 5.79. The Morgan fingerprint density at radius 3 is 2.71 bits per heavy atom. The zero-order valence-corrected chi connectivity index (χ0v) is 28.8. The van der Waals surface area contributed by atoms with Crippen LogP contribution in [0.3, 0.4) is 0 Å². The van der Waals surface area contributed by atoms with Crippen molar-refractivity contribution in [2.24, 2.45) is 23.5 Å². The Labute approximate surface area is 292 Å². The van der Waals surface area contributed by atoms with Gasteiger partial charge < -0.3 is 26.4 Å². The van der Waals surface area contributed by atoms with Gasteiger partial charge in [0.05, 0.1) is 20.8 Å². The van der Waals surface area contributed by atoms with Crippen LogP contribution in [-0.2, 0) is 4.79 Å². The van der Waals surface area contributed by atoms with Gasteiger partial charge in [-0.05, 0) is 87.2 Å². The maximum absolute atomic E-state index is 17.1. The number of carbonyl (C=O) groups is 1. The van der Waals surface area contributed by atoms with Crippen LogP contribution in [0.2, 0.25) is 5.02 Å². The van der Waals surface area contributed by atoms with Crippen molar-refractivity contribution in [1.29, 1.82) is 5.26 Å². The van der Waals surface area contributed by atoms with Crippen LogP contribution in [0.15, 0.2) is 18.2 Å². The van der Waals surface area contributed by atoms with Crippen LogP contribution in [0.4, 0.5) is 19.6 Å². The molecule has 5 N–H and O–H groups in total. The number of halogens is 3. The Morgan fingerprint density at radius 2 is 2.00 bits per heavy atom. The van der Waals surface area contributed by atoms with Crippen LogP contribution in [0.25, 0.3) is 32.1 Å². The van der Waals surface area contributed by atoms with Crippen LogP contribution >= 0.6 is 22.9 Å². The van der Waals surface area contributed by atoms with E-state index in [9.17, 15) is 14.4 Å². The second kappa shape index (κ2) is 13.5. The first kappa shape index (κ1) is 33.7. The average Bonchev–Trinajstić information content (AvgIpc) is 3.86. The number of fused-ring (bicyclic) bond motifs is 3. The third kappa shape index (κ3) is 5.92. The number of nitrogens with one attached hydrogen (secondary N) is 1. The fraction of sp³-hybridized carbons (Fsp3) is 0.486. The van der Waals surface area contributed by atoms with Gasteiger partial charge in [0.2, 0.25) is 6.41 Å². The van der Waals surface area contributed by atoms with Crippen molar-refractivity contribution < 1.29 is 18.3 Å². The molecule has 2 aromatic carbocycles. The molecule has 3 fully saturated rings. The molecule has 14 heteroatoms. The molecule has 0 radical (unpaired) electrons. The molecule has 0 bridgehead atoms. The van der Waals surface area contributed by atoms with Crippen molar-refractivity contribution in [2.45, 2.75) is 44.6 Å². The van der Waals surface area contributed by atoms with Gasteiger partial charge in [0, 0.05) is 36.0 Å². The number of benzene rings is 2. The summed E-state index contributed by atoms with van der Waals surface area (Å²) in [7, 11) is 0. The predicted octanol–water partition coefficient (Wildman–Crippen LogP) is 5.69. The number of aromatic nitrogens is 2. The molecule has 4 aromatic rings. The van der Waals surface area contributed by atoms with Crippen molar-refractivity contribution in [3.63, 3.8) is 0 Å². The summed E-state index contributed by atoms with van der Waals surface area (Å²) in [5.41, 5.74) is 12.3. The standard InChI is InChI=1S/C35H39ClF2N8O2S/c1-19(12-39)10-20-15-45(16-21(20)14-42-18-47)33-23-11-25(36)28(22-4-5-26(37)31-27(22)24(13-40)32(41)49-31)29(38)30(23)43-34(44-33)48-17-35-6-2-8-46(35)9-3-7-35/h4-5,11,18-21H,2-3,6-10,12,14-17,39,41H2,1H3,(H,42,47). The zero-order valence-electron chi connectivity index (χ0n) is 27.3. The molecule has 1 amide bonds. The molecule has 0 saturated carbocycles. The predicted molar refractivity (Wildman–Crippen MR) is 189 cm³/mol. The first-order valence-electron chi connectivity index (χ1n) is 16.8. The molecule has 0 aliphatic carbocycles. The van der Waals surface area contributed by atoms with Crippen LogP contribution in [-0.4, -0.2) is 72.7 Å². The van der Waals surface area contributed by atoms with Gasteiger partial charge in [0.1, 0.15) is 34.8 Å². The number of anilines is 2. The van der Waals surface area contributed by atoms with E-state index in [-0.39, 0.29) is 71.6 Å². The summed E-state index contributed by atoms with van der Waals surface area (Å²) < 4.78 is 38.6. The molecule has 5 heterocycles. The molecular formula is C35H39ClF2N8O2S. The molecule has 3 aliphatic rings. The Hall–Kier alpha value is -3.83. The fourth-order valence-electron chi connectivity index (χ4n) is 8.30. The second-order valence-corrected chi connectivity index (χ2v) is 15.2. The van der Waals surface area contributed by atoms with E-state index < -0.39 is 11.6 Å². The summed E-state index contributed by atoms with van der Waals surface area (Å²) in [4.78, 5) is 25.4. The molecule has 3 atom stereocenters. The number of nitrogens with two attached hydrogens (primary N) is 2. The van der Waals surface area contributed by atoms with Crippen LogP contribution in [0, 0.1) is 40.7 Å². The maximum Gasteiger partial charge on any atom is 0.319 e. The second-order valence-electron chi connectivity index (χ2n) is 13.8. The Bertz CT molecular complexity index is 1960. The Kier molecular flexibility index (Phi) is 9.25. The molecule has 258 valence electrons. The number of nitrogen functional groups attached to an aromatic ring is 1. The Balaban J connectivity index is 1.37. The number of carbonyl (C=O) groups excluding carboxylic acids is 1. The minimum atomic E-state index is -0.731. The van der Waals surface area contributed by atoms with E-state index in [1.165, 1.54) is 12.1 Å². The zero-order chi connectivity index (χ0) is 34.4. The lowest BCUT2D eigenvalue weighted by Crippen LogP contribution is -2.43. The van der Waals surface area contributed by atoms with Crippen molar-refractivity contribution in [2.75, 3.05) is 56.5 Å². The molecule has 3 aliphatic heterocycles. The SMILES string of the molecule is CC(CN)CC1CN(c2nc(OCC34CCCN3CCC4)nc3c(F)c(-c4ccc(F)c5sc(N)c(C#N)c45)c(Cl)cc23)CC1CNC=O. The van der Waals surface area contributed by atoms with E-state index >= 15 is 4.39 Å². The average molecular weight is 709 g/mol. The van der Waals surface area contributed by atoms with Gasteiger partial charge >= 0.3 is 6.01 Å². The summed E-state index contributed by atoms with van der Waals surface area (Å²) in [6.45, 7) is 6.75. The minimum absolute atomic E-state index is 0.00660. The number of nitrogens with zero attached hydrogens (tertiary/aromatic N) is 5. The van der Waals surface area contributed by atoms with Crippen LogP contribution in [0.5, 0.6) is 6.01 Å². The highest BCUT2D eigenvalue weighted by Crippen LogP contribution is 2.46. The fourth-order valence-corrected chi connectivity index (χ4v) is 9.55. The first-order valence-corrected chi connectivity index (χ1v) is 18.0. The Morgan fingerprint density at radius 1 is 1.24 bits per heavy atom. The van der Waals surface area contributed by atoms with Gasteiger partial charge in [-0.2, -0.15) is 15.2 Å². The molecule has 3 unspecified atom stereocenters. The van der Waals surface area contributed by atoms with Gasteiger partial charge in [0.15, 0.2) is 5.82 Å². The summed E-state index contributed by atoms with van der Waals surface area (Å²) in [5, 5.41) is 13.5. The van der Waals surface area contributed by atoms with Crippen molar-refractivity contribution in [1.82, 2.24) is 20.2 Å². The minimum Gasteiger partial charge on any atom is -0.461 e. The lowest BCUT2D eigenvalue weighted by Gasteiger charge is -2.31. The topological polar surface area (TPSA) is 146 Å². The highest BCUT2D eigenvalue weighted by Gasteiger charge is 2.45. The smallest absolute Gasteiger partial charge is 0.319 e. The van der Waals surface area contributed by atoms with Crippen molar-refractivity contribution in [3.8, 4) is 23.2 Å². The highest BCUT2D eigenvalue weighted by atomic mass is 35.5. The molecule has 7 rings (SSSR count). The first-order chi connectivity index (χ1) is 23.7. The normalized spacial score (nSPS) is 20.9. The van der Waals surface area contributed by atoms with Gasteiger partial charge in [-0.25, -0.2) is 8.78 Å². The number of ether oxygens (including phenoxy) is 1. The van der Waals surface area contributed by atoms with E-state index in [1.54, 1.807) is 6.07 Å². The molecule has 49 heavy (non-hydrogen) atoms. The number of nitriles is 1. The maximum atomic E-state index is 17.1. The lowest BCUT2D eigenvalue weighted by atomic mass is 9.87. The largest absolute Gasteiger partial charge is 0.461 e. The van der Waals surface area contributed by atoms with Crippen LogP contribution in [0.1, 0.15) is 44.6 Å². The molecule has 10 nitrogen and oxygen atoms in total. The monoisotopic (exact) mass is 708 g/mol. The number of rotatable bonds is 11. The van der Waals surface area contributed by atoms with Gasteiger partial charge in [-0.15, -0.1) is 11.3 Å². The molecular weight excluding hydrogens is 670 g/mol. The van der Waals surface area contributed by atoms with E-state index in [0.29, 0.717) is 50.4 Å².